The van der Waals surface area contributed by atoms with E-state index in [1.807, 2.05) is 50.2 Å². The number of aryl methyl sites for hydroxylation is 1. The normalized spacial score (nSPS) is 14.1. The van der Waals surface area contributed by atoms with Gasteiger partial charge in [-0.1, -0.05) is 53.6 Å². The van der Waals surface area contributed by atoms with E-state index in [0.29, 0.717) is 33.4 Å². The van der Waals surface area contributed by atoms with Gasteiger partial charge in [0.1, 0.15) is 4.88 Å². The molecule has 180 valence electrons. The minimum absolute atomic E-state index is 0.130. The van der Waals surface area contributed by atoms with Crippen molar-refractivity contribution in [3.8, 4) is 11.5 Å². The van der Waals surface area contributed by atoms with Crippen molar-refractivity contribution in [3.63, 3.8) is 0 Å². The molecule has 1 aliphatic rings. The Balaban J connectivity index is 1.42. The highest BCUT2D eigenvalue weighted by atomic mass is 35.5. The first-order valence-electron chi connectivity index (χ1n) is 11.2. The molecule has 0 amide bonds. The predicted octanol–water partition coefficient (Wildman–Crippen LogP) is 6.83. The van der Waals surface area contributed by atoms with E-state index in [-0.39, 0.29) is 17.3 Å². The Labute approximate surface area is 216 Å². The molecule has 8 heteroatoms. The molecule has 5 rings (SSSR count). The number of rotatable bonds is 6. The van der Waals surface area contributed by atoms with Crippen LogP contribution in [0.4, 0.5) is 0 Å². The number of nitrogens with zero attached hydrogens (tertiary/aromatic N) is 1. The highest BCUT2D eigenvalue weighted by Gasteiger charge is 2.28. The fourth-order valence-corrected chi connectivity index (χ4v) is 5.07. The smallest absolute Gasteiger partial charge is 0.363 e. The maximum atomic E-state index is 12.6. The molecule has 3 aromatic carbocycles. The molecule has 1 aromatic heterocycles. The zero-order valence-electron chi connectivity index (χ0n) is 19.4. The van der Waals surface area contributed by atoms with E-state index in [0.717, 1.165) is 15.6 Å². The van der Waals surface area contributed by atoms with Crippen molar-refractivity contribution in [2.24, 2.45) is 4.99 Å². The van der Waals surface area contributed by atoms with Crippen LogP contribution in [-0.4, -0.2) is 24.4 Å². The van der Waals surface area contributed by atoms with E-state index >= 15 is 0 Å². The zero-order valence-corrected chi connectivity index (χ0v) is 21.0. The Kier molecular flexibility index (Phi) is 6.59. The molecule has 0 N–H and O–H groups in total. The molecule has 2 heterocycles. The van der Waals surface area contributed by atoms with Crippen molar-refractivity contribution in [2.75, 3.05) is 6.61 Å². The zero-order chi connectivity index (χ0) is 25.2. The van der Waals surface area contributed by atoms with Crippen LogP contribution < -0.4 is 9.47 Å². The molecule has 1 aliphatic heterocycles. The molecule has 0 unspecified atom stereocenters. The number of hydrogen-bond acceptors (Lipinski definition) is 7. The Morgan fingerprint density at radius 1 is 1.08 bits per heavy atom. The summed E-state index contributed by atoms with van der Waals surface area (Å²) in [7, 11) is 0. The fourth-order valence-electron chi connectivity index (χ4n) is 3.63. The number of halogens is 1. The van der Waals surface area contributed by atoms with Gasteiger partial charge in [-0.25, -0.2) is 14.6 Å². The monoisotopic (exact) mass is 517 g/mol. The summed E-state index contributed by atoms with van der Waals surface area (Å²) in [6, 6.07) is 19.8. The molecule has 0 bridgehead atoms. The maximum Gasteiger partial charge on any atom is 0.363 e. The summed E-state index contributed by atoms with van der Waals surface area (Å²) in [5.41, 5.74) is 2.24. The molecular formula is C28H20ClNO5S. The molecule has 0 radical (unpaired) electrons. The number of esters is 2. The van der Waals surface area contributed by atoms with Gasteiger partial charge in [-0.2, -0.15) is 0 Å². The fraction of sp³-hybridized carbons (Fsp3) is 0.107. The summed E-state index contributed by atoms with van der Waals surface area (Å²) >= 11 is 7.93. The summed E-state index contributed by atoms with van der Waals surface area (Å²) < 4.78 is 17.7. The van der Waals surface area contributed by atoms with Crippen molar-refractivity contribution < 1.29 is 23.8 Å². The van der Waals surface area contributed by atoms with E-state index in [9.17, 15) is 9.59 Å². The first-order chi connectivity index (χ1) is 17.4. The first kappa shape index (κ1) is 23.8. The van der Waals surface area contributed by atoms with Crippen molar-refractivity contribution in [2.45, 2.75) is 13.8 Å². The molecular weight excluding hydrogens is 498 g/mol. The molecule has 0 atom stereocenters. The van der Waals surface area contributed by atoms with Crippen LogP contribution in [0.5, 0.6) is 11.5 Å². The number of cyclic esters (lactones) is 1. The van der Waals surface area contributed by atoms with Crippen molar-refractivity contribution in [1.82, 2.24) is 0 Å². The molecule has 0 spiro atoms. The number of carbonyl (C=O) groups is 2. The van der Waals surface area contributed by atoms with E-state index in [2.05, 4.69) is 4.99 Å². The summed E-state index contributed by atoms with van der Waals surface area (Å²) in [6.07, 6.45) is 1.59. The molecule has 0 saturated heterocycles. The molecule has 0 saturated carbocycles. The van der Waals surface area contributed by atoms with Gasteiger partial charge in [0, 0.05) is 10.1 Å². The van der Waals surface area contributed by atoms with Crippen LogP contribution in [0, 0.1) is 6.92 Å². The Morgan fingerprint density at radius 3 is 2.61 bits per heavy atom. The van der Waals surface area contributed by atoms with Crippen LogP contribution in [0.25, 0.3) is 16.2 Å². The van der Waals surface area contributed by atoms with Gasteiger partial charge in [0.05, 0.1) is 17.2 Å². The SMILES string of the molecule is CCOc1cc(/C=C2/N=C(c3sc4ccccc4c3Cl)OC2=O)ccc1OC(=O)c1ccc(C)cc1. The van der Waals surface area contributed by atoms with Gasteiger partial charge in [-0.3, -0.25) is 0 Å². The summed E-state index contributed by atoms with van der Waals surface area (Å²) in [5.74, 6) is -0.247. The Bertz CT molecular complexity index is 1550. The van der Waals surface area contributed by atoms with Crippen LogP contribution in [0.15, 0.2) is 77.4 Å². The third-order valence-corrected chi connectivity index (χ3v) is 7.07. The quantitative estimate of drug-likeness (QED) is 0.159. The topological polar surface area (TPSA) is 74.2 Å². The van der Waals surface area contributed by atoms with Crippen molar-refractivity contribution in [3.05, 3.63) is 99.0 Å². The Morgan fingerprint density at radius 2 is 1.86 bits per heavy atom. The lowest BCUT2D eigenvalue weighted by atomic mass is 10.1. The van der Waals surface area contributed by atoms with E-state index in [1.54, 1.807) is 36.4 Å². The van der Waals surface area contributed by atoms with E-state index < -0.39 is 11.9 Å². The molecule has 0 fully saturated rings. The molecule has 6 nitrogen and oxygen atoms in total. The van der Waals surface area contributed by atoms with Crippen LogP contribution in [0.2, 0.25) is 5.02 Å². The third-order valence-electron chi connectivity index (χ3n) is 5.41. The van der Waals surface area contributed by atoms with Crippen LogP contribution in [0.3, 0.4) is 0 Å². The van der Waals surface area contributed by atoms with Gasteiger partial charge in [-0.15, -0.1) is 11.3 Å². The lowest BCUT2D eigenvalue weighted by molar-refractivity contribution is -0.129. The van der Waals surface area contributed by atoms with Gasteiger partial charge < -0.3 is 14.2 Å². The average molecular weight is 518 g/mol. The van der Waals surface area contributed by atoms with Crippen LogP contribution in [-0.2, 0) is 9.53 Å². The van der Waals surface area contributed by atoms with E-state index in [4.69, 9.17) is 25.8 Å². The van der Waals surface area contributed by atoms with E-state index in [1.165, 1.54) is 11.3 Å². The highest BCUT2D eigenvalue weighted by molar-refractivity contribution is 7.21. The maximum absolute atomic E-state index is 12.6. The molecule has 4 aromatic rings. The molecule has 36 heavy (non-hydrogen) atoms. The first-order valence-corrected chi connectivity index (χ1v) is 12.4. The standard InChI is InChI=1S/C28H20ClNO5S/c1-3-33-22-15-17(10-13-21(22)34-27(31)18-11-8-16(2)9-12-18)14-20-28(32)35-26(30-20)25-24(29)19-6-4-5-7-23(19)36-25/h4-15H,3H2,1-2H3/b20-14+. The number of fused-ring (bicyclic) bond motifs is 1. The minimum Gasteiger partial charge on any atom is -0.490 e. The number of ether oxygens (including phenoxy) is 3. The number of hydrogen-bond donors (Lipinski definition) is 0. The Hall–Kier alpha value is -3.94. The van der Waals surface area contributed by atoms with Crippen LogP contribution in [0.1, 0.15) is 33.3 Å². The largest absolute Gasteiger partial charge is 0.490 e. The van der Waals surface area contributed by atoms with Crippen molar-refractivity contribution in [1.29, 1.82) is 0 Å². The predicted molar refractivity (Wildman–Crippen MR) is 141 cm³/mol. The second-order valence-corrected chi connectivity index (χ2v) is 9.40. The number of carbonyl (C=O) groups excluding carboxylic acids is 2. The minimum atomic E-state index is -0.577. The summed E-state index contributed by atoms with van der Waals surface area (Å²) in [5, 5.41) is 1.38. The van der Waals surface area contributed by atoms with Gasteiger partial charge >= 0.3 is 11.9 Å². The number of benzene rings is 3. The van der Waals surface area contributed by atoms with Gasteiger partial charge in [0.15, 0.2) is 17.2 Å². The molecule has 0 aliphatic carbocycles. The highest BCUT2D eigenvalue weighted by Crippen LogP contribution is 2.37. The second kappa shape index (κ2) is 9.97. The van der Waals surface area contributed by atoms with Gasteiger partial charge in [-0.05, 0) is 55.8 Å². The summed E-state index contributed by atoms with van der Waals surface area (Å²) in [6.45, 7) is 4.14. The third kappa shape index (κ3) is 4.76. The van der Waals surface area contributed by atoms with Gasteiger partial charge in [0.2, 0.25) is 5.90 Å². The average Bonchev–Trinajstić information content (AvgIpc) is 3.40. The van der Waals surface area contributed by atoms with Crippen LogP contribution >= 0.6 is 22.9 Å². The lowest BCUT2D eigenvalue weighted by Crippen LogP contribution is -2.09. The summed E-state index contributed by atoms with van der Waals surface area (Å²) in [4.78, 5) is 30.1. The number of thiophene rings is 1. The van der Waals surface area contributed by atoms with Crippen molar-refractivity contribution >= 4 is 56.9 Å². The number of aliphatic imine (C=N–C) groups is 1. The van der Waals surface area contributed by atoms with Gasteiger partial charge in [0.25, 0.3) is 0 Å². The second-order valence-electron chi connectivity index (χ2n) is 7.97. The lowest BCUT2D eigenvalue weighted by Gasteiger charge is -2.11.